The second-order valence-corrected chi connectivity index (χ2v) is 7.03. The van der Waals surface area contributed by atoms with Gasteiger partial charge in [0.25, 0.3) is 0 Å². The Kier molecular flexibility index (Phi) is 3.96. The summed E-state index contributed by atoms with van der Waals surface area (Å²) in [7, 11) is 0.660. The zero-order valence-corrected chi connectivity index (χ0v) is 11.1. The molecule has 0 bridgehead atoms. The average Bonchev–Trinajstić information content (AvgIpc) is 2.62. The Morgan fingerprint density at radius 2 is 2.00 bits per heavy atom. The molecule has 1 fully saturated rings. The summed E-state index contributed by atoms with van der Waals surface area (Å²) in [5, 5.41) is -0.923. The molecule has 0 N–H and O–H groups in total. The lowest BCUT2D eigenvalue weighted by atomic mass is 10.2. The van der Waals surface area contributed by atoms with Crippen molar-refractivity contribution in [1.82, 2.24) is 9.80 Å². The maximum absolute atomic E-state index is 11.9. The van der Waals surface area contributed by atoms with Gasteiger partial charge in [0.05, 0.1) is 0 Å². The van der Waals surface area contributed by atoms with Gasteiger partial charge in [0.2, 0.25) is 5.91 Å². The number of sulfone groups is 1. The number of amides is 1. The Bertz CT molecular complexity index is 364. The third-order valence-corrected chi connectivity index (χ3v) is 4.68. The highest BCUT2D eigenvalue weighted by Gasteiger charge is 2.33. The van der Waals surface area contributed by atoms with Gasteiger partial charge in [-0.3, -0.25) is 4.79 Å². The van der Waals surface area contributed by atoms with Gasteiger partial charge in [-0.15, -0.1) is 0 Å². The Labute approximate surface area is 97.3 Å². The van der Waals surface area contributed by atoms with Crippen molar-refractivity contribution >= 4 is 15.7 Å². The van der Waals surface area contributed by atoms with Gasteiger partial charge in [0, 0.05) is 25.4 Å². The van der Waals surface area contributed by atoms with E-state index in [-0.39, 0.29) is 5.91 Å². The van der Waals surface area contributed by atoms with E-state index in [9.17, 15) is 13.2 Å². The van der Waals surface area contributed by atoms with Crippen molar-refractivity contribution in [1.29, 1.82) is 0 Å². The fourth-order valence-corrected chi connectivity index (χ4v) is 2.32. The molecule has 1 heterocycles. The maximum atomic E-state index is 11.9. The van der Waals surface area contributed by atoms with Crippen molar-refractivity contribution in [3.05, 3.63) is 0 Å². The Morgan fingerprint density at radius 1 is 1.44 bits per heavy atom. The third-order valence-electron chi connectivity index (χ3n) is 3.20. The van der Waals surface area contributed by atoms with Crippen LogP contribution in [-0.2, 0) is 14.6 Å². The molecular formula is C10H20N2O3S. The lowest BCUT2D eigenvalue weighted by Crippen LogP contribution is -2.41. The highest BCUT2D eigenvalue weighted by atomic mass is 32.2. The molecular weight excluding hydrogens is 228 g/mol. The van der Waals surface area contributed by atoms with E-state index < -0.39 is 15.1 Å². The third kappa shape index (κ3) is 2.95. The smallest absolute Gasteiger partial charge is 0.240 e. The summed E-state index contributed by atoms with van der Waals surface area (Å²) < 4.78 is 22.6. The van der Waals surface area contributed by atoms with Crippen molar-refractivity contribution in [2.75, 3.05) is 33.4 Å². The van der Waals surface area contributed by atoms with Crippen LogP contribution in [0.25, 0.3) is 0 Å². The molecule has 1 amide bonds. The van der Waals surface area contributed by atoms with Crippen molar-refractivity contribution < 1.29 is 13.2 Å². The zero-order chi connectivity index (χ0) is 12.5. The maximum Gasteiger partial charge on any atom is 0.240 e. The van der Waals surface area contributed by atoms with Gasteiger partial charge in [-0.1, -0.05) is 0 Å². The van der Waals surface area contributed by atoms with Crippen LogP contribution in [0.15, 0.2) is 0 Å². The lowest BCUT2D eigenvalue weighted by Gasteiger charge is -2.22. The summed E-state index contributed by atoms with van der Waals surface area (Å²) in [4.78, 5) is 15.6. The molecule has 0 aromatic rings. The summed E-state index contributed by atoms with van der Waals surface area (Å²) in [6.45, 7) is 2.74. The standard InChI is InChI=1S/C10H20N2O3S/c1-8(16(4,14)15)10(13)12-6-5-9(7-12)11(2)3/h8-9H,5-7H2,1-4H3. The van der Waals surface area contributed by atoms with E-state index in [1.165, 1.54) is 6.92 Å². The lowest BCUT2D eigenvalue weighted by molar-refractivity contribution is -0.129. The number of rotatable bonds is 3. The van der Waals surface area contributed by atoms with E-state index in [1.54, 1.807) is 4.90 Å². The summed E-state index contributed by atoms with van der Waals surface area (Å²) in [6, 6.07) is 0.343. The SMILES string of the molecule is CC(C(=O)N1CCC(N(C)C)C1)S(C)(=O)=O. The van der Waals surface area contributed by atoms with Crippen molar-refractivity contribution in [3.8, 4) is 0 Å². The van der Waals surface area contributed by atoms with Gasteiger partial charge in [0.1, 0.15) is 5.25 Å². The van der Waals surface area contributed by atoms with Crippen molar-refractivity contribution in [2.45, 2.75) is 24.6 Å². The van der Waals surface area contributed by atoms with Gasteiger partial charge >= 0.3 is 0 Å². The summed E-state index contributed by atoms with van der Waals surface area (Å²) >= 11 is 0. The highest BCUT2D eigenvalue weighted by molar-refractivity contribution is 7.92. The van der Waals surface area contributed by atoms with Gasteiger partial charge in [0.15, 0.2) is 9.84 Å². The number of likely N-dealkylation sites (N-methyl/N-ethyl adjacent to an activating group) is 1. The minimum atomic E-state index is -3.28. The van der Waals surface area contributed by atoms with Crippen LogP contribution in [0.4, 0.5) is 0 Å². The number of nitrogens with zero attached hydrogens (tertiary/aromatic N) is 2. The second-order valence-electron chi connectivity index (χ2n) is 4.66. The predicted octanol–water partition coefficient (Wildman–Crippen LogP) is -0.418. The van der Waals surface area contributed by atoms with Crippen LogP contribution < -0.4 is 0 Å². The first-order chi connectivity index (χ1) is 7.23. The fourth-order valence-electron chi connectivity index (χ4n) is 1.80. The van der Waals surface area contributed by atoms with Gasteiger partial charge in [-0.25, -0.2) is 8.42 Å². The molecule has 5 nitrogen and oxygen atoms in total. The summed E-state index contributed by atoms with van der Waals surface area (Å²) in [5.41, 5.74) is 0. The summed E-state index contributed by atoms with van der Waals surface area (Å²) in [5.74, 6) is -0.271. The van der Waals surface area contributed by atoms with Crippen molar-refractivity contribution in [3.63, 3.8) is 0 Å². The molecule has 0 aromatic carbocycles. The molecule has 1 aliphatic heterocycles. The quantitative estimate of drug-likeness (QED) is 0.681. The molecule has 6 heteroatoms. The van der Waals surface area contributed by atoms with E-state index in [2.05, 4.69) is 4.90 Å². The van der Waals surface area contributed by atoms with Gasteiger partial charge in [-0.05, 0) is 27.4 Å². The average molecular weight is 248 g/mol. The van der Waals surface area contributed by atoms with E-state index in [1.807, 2.05) is 14.1 Å². The molecule has 0 saturated carbocycles. The first-order valence-corrected chi connectivity index (χ1v) is 7.33. The van der Waals surface area contributed by atoms with Crippen molar-refractivity contribution in [2.24, 2.45) is 0 Å². The topological polar surface area (TPSA) is 57.7 Å². The van der Waals surface area contributed by atoms with E-state index in [4.69, 9.17) is 0 Å². The fraction of sp³-hybridized carbons (Fsp3) is 0.900. The molecule has 94 valence electrons. The van der Waals surface area contributed by atoms with E-state index in [0.29, 0.717) is 19.1 Å². The van der Waals surface area contributed by atoms with Crippen LogP contribution in [0, 0.1) is 0 Å². The van der Waals surface area contributed by atoms with E-state index >= 15 is 0 Å². The first kappa shape index (κ1) is 13.4. The summed E-state index contributed by atoms with van der Waals surface area (Å²) in [6.07, 6.45) is 2.02. The molecule has 2 unspecified atom stereocenters. The number of hydrogen-bond acceptors (Lipinski definition) is 4. The zero-order valence-electron chi connectivity index (χ0n) is 10.3. The number of carbonyl (C=O) groups excluding carboxylic acids is 1. The molecule has 1 rings (SSSR count). The predicted molar refractivity (Wildman–Crippen MR) is 63.0 cm³/mol. The number of likely N-dealkylation sites (tertiary alicyclic amines) is 1. The van der Waals surface area contributed by atoms with Crippen LogP contribution in [0.2, 0.25) is 0 Å². The second kappa shape index (κ2) is 4.71. The molecule has 0 radical (unpaired) electrons. The Balaban J connectivity index is 2.65. The van der Waals surface area contributed by atoms with Gasteiger partial charge in [-0.2, -0.15) is 0 Å². The monoisotopic (exact) mass is 248 g/mol. The molecule has 1 saturated heterocycles. The molecule has 1 aliphatic rings. The van der Waals surface area contributed by atoms with Crippen LogP contribution in [-0.4, -0.2) is 68.9 Å². The van der Waals surface area contributed by atoms with Crippen LogP contribution in [0.5, 0.6) is 0 Å². The molecule has 16 heavy (non-hydrogen) atoms. The molecule has 0 aliphatic carbocycles. The molecule has 0 spiro atoms. The van der Waals surface area contributed by atoms with E-state index in [0.717, 1.165) is 12.7 Å². The van der Waals surface area contributed by atoms with Crippen LogP contribution in [0.1, 0.15) is 13.3 Å². The van der Waals surface area contributed by atoms with Gasteiger partial charge < -0.3 is 9.80 Å². The number of carbonyl (C=O) groups is 1. The highest BCUT2D eigenvalue weighted by Crippen LogP contribution is 2.15. The number of hydrogen-bond donors (Lipinski definition) is 0. The Hall–Kier alpha value is -0.620. The normalized spacial score (nSPS) is 23.8. The van der Waals surface area contributed by atoms with Crippen LogP contribution in [0.3, 0.4) is 0 Å². The minimum Gasteiger partial charge on any atom is -0.340 e. The molecule has 2 atom stereocenters. The Morgan fingerprint density at radius 3 is 2.38 bits per heavy atom. The van der Waals surface area contributed by atoms with Crippen LogP contribution >= 0.6 is 0 Å². The largest absolute Gasteiger partial charge is 0.340 e. The minimum absolute atomic E-state index is 0.271. The first-order valence-electron chi connectivity index (χ1n) is 5.37. The molecule has 0 aromatic heterocycles.